The number of nitrogens with two attached hydrogens (primary N) is 2. The maximum absolute atomic E-state index is 11.3. The predicted molar refractivity (Wildman–Crippen MR) is 65.2 cm³/mol. The summed E-state index contributed by atoms with van der Waals surface area (Å²) in [5, 5.41) is 9.14. The molecule has 1 unspecified atom stereocenters. The number of carboxylic acids is 1. The molecule has 1 saturated heterocycles. The Morgan fingerprint density at radius 1 is 1.50 bits per heavy atom. The van der Waals surface area contributed by atoms with E-state index in [9.17, 15) is 9.59 Å². The Hall–Kier alpha value is -2.31. The summed E-state index contributed by atoms with van der Waals surface area (Å²) >= 11 is 0. The van der Waals surface area contributed by atoms with E-state index in [0.29, 0.717) is 13.0 Å². The van der Waals surface area contributed by atoms with Gasteiger partial charge in [0.1, 0.15) is 17.4 Å². The second-order valence-electron chi connectivity index (χ2n) is 4.20. The first-order chi connectivity index (χ1) is 8.50. The summed E-state index contributed by atoms with van der Waals surface area (Å²) in [5.74, 6) is -1.35. The summed E-state index contributed by atoms with van der Waals surface area (Å²) in [6.45, 7) is 0.560. The lowest BCUT2D eigenvalue weighted by atomic mass is 10.2. The molecule has 0 aliphatic carbocycles. The van der Waals surface area contributed by atoms with Gasteiger partial charge in [0.05, 0.1) is 11.9 Å². The van der Waals surface area contributed by atoms with Crippen molar-refractivity contribution in [1.29, 1.82) is 0 Å². The van der Waals surface area contributed by atoms with Crippen LogP contribution in [-0.2, 0) is 4.79 Å². The average molecular weight is 250 g/mol. The van der Waals surface area contributed by atoms with E-state index in [1.54, 1.807) is 4.90 Å². The molecular weight excluding hydrogens is 236 g/mol. The van der Waals surface area contributed by atoms with E-state index in [4.69, 9.17) is 16.6 Å². The van der Waals surface area contributed by atoms with Crippen LogP contribution in [0.1, 0.15) is 23.2 Å². The summed E-state index contributed by atoms with van der Waals surface area (Å²) < 4.78 is 0. The highest BCUT2D eigenvalue weighted by Crippen LogP contribution is 2.27. The van der Waals surface area contributed by atoms with E-state index in [1.165, 1.54) is 12.3 Å². The Kier molecular flexibility index (Phi) is 3.05. The molecule has 0 bridgehead atoms. The van der Waals surface area contributed by atoms with Gasteiger partial charge in [-0.05, 0) is 18.9 Å². The van der Waals surface area contributed by atoms with Crippen LogP contribution in [0.3, 0.4) is 0 Å². The molecule has 7 nitrogen and oxygen atoms in total. The summed E-state index contributed by atoms with van der Waals surface area (Å²) in [6.07, 6.45) is 2.76. The number of pyridine rings is 1. The fraction of sp³-hybridized carbons (Fsp3) is 0.364. The number of carboxylic acid groups (broad SMARTS) is 1. The molecule has 0 spiro atoms. The third kappa shape index (κ3) is 2.06. The number of amides is 1. The van der Waals surface area contributed by atoms with Gasteiger partial charge in [-0.1, -0.05) is 0 Å². The SMILES string of the molecule is NC(=O)C1CCCN1c1ncc(N)cc1C(=O)O. The molecule has 1 aliphatic rings. The molecule has 1 fully saturated rings. The smallest absolute Gasteiger partial charge is 0.339 e. The first kappa shape index (κ1) is 12.2. The highest BCUT2D eigenvalue weighted by molar-refractivity contribution is 5.95. The highest BCUT2D eigenvalue weighted by Gasteiger charge is 2.32. The third-order valence-electron chi connectivity index (χ3n) is 2.97. The number of anilines is 2. The maximum Gasteiger partial charge on any atom is 0.339 e. The number of carbonyl (C=O) groups excluding carboxylic acids is 1. The van der Waals surface area contributed by atoms with Gasteiger partial charge in [0.2, 0.25) is 5.91 Å². The Morgan fingerprint density at radius 2 is 2.22 bits per heavy atom. The van der Waals surface area contributed by atoms with Crippen LogP contribution in [0.5, 0.6) is 0 Å². The molecule has 2 rings (SSSR count). The van der Waals surface area contributed by atoms with Crippen LogP contribution in [0.15, 0.2) is 12.3 Å². The van der Waals surface area contributed by atoms with E-state index < -0.39 is 17.9 Å². The van der Waals surface area contributed by atoms with Gasteiger partial charge in [0.15, 0.2) is 0 Å². The molecule has 1 aromatic rings. The largest absolute Gasteiger partial charge is 0.478 e. The van der Waals surface area contributed by atoms with Crippen molar-refractivity contribution in [3.63, 3.8) is 0 Å². The van der Waals surface area contributed by atoms with Gasteiger partial charge in [0, 0.05) is 6.54 Å². The Bertz CT molecular complexity index is 503. The number of carbonyl (C=O) groups is 2. The van der Waals surface area contributed by atoms with Crippen LogP contribution < -0.4 is 16.4 Å². The van der Waals surface area contributed by atoms with E-state index in [0.717, 1.165) is 6.42 Å². The fourth-order valence-corrected chi connectivity index (χ4v) is 2.18. The van der Waals surface area contributed by atoms with Crippen molar-refractivity contribution in [2.45, 2.75) is 18.9 Å². The third-order valence-corrected chi connectivity index (χ3v) is 2.97. The lowest BCUT2D eigenvalue weighted by Gasteiger charge is -2.24. The van der Waals surface area contributed by atoms with E-state index in [1.807, 2.05) is 0 Å². The van der Waals surface area contributed by atoms with Gasteiger partial charge in [0.25, 0.3) is 0 Å². The maximum atomic E-state index is 11.3. The number of hydrogen-bond donors (Lipinski definition) is 3. The minimum absolute atomic E-state index is 0.0110. The molecule has 0 saturated carbocycles. The van der Waals surface area contributed by atoms with Crippen molar-refractivity contribution < 1.29 is 14.7 Å². The Morgan fingerprint density at radius 3 is 2.83 bits per heavy atom. The van der Waals surface area contributed by atoms with Crippen LogP contribution in [0.2, 0.25) is 0 Å². The van der Waals surface area contributed by atoms with Gasteiger partial charge in [-0.25, -0.2) is 9.78 Å². The van der Waals surface area contributed by atoms with Crippen molar-refractivity contribution in [1.82, 2.24) is 4.98 Å². The molecule has 18 heavy (non-hydrogen) atoms. The minimum Gasteiger partial charge on any atom is -0.478 e. The second kappa shape index (κ2) is 4.52. The number of nitrogens with zero attached hydrogens (tertiary/aromatic N) is 2. The number of aromatic nitrogens is 1. The predicted octanol–water partition coefficient (Wildman–Crippen LogP) is -0.184. The summed E-state index contributed by atoms with van der Waals surface area (Å²) in [7, 11) is 0. The van der Waals surface area contributed by atoms with Gasteiger partial charge in [-0.15, -0.1) is 0 Å². The first-order valence-corrected chi connectivity index (χ1v) is 5.55. The summed E-state index contributed by atoms with van der Waals surface area (Å²) in [6, 6.07) is 0.834. The minimum atomic E-state index is -1.13. The number of primary amides is 1. The molecular formula is C11H14N4O3. The van der Waals surface area contributed by atoms with Crippen molar-refractivity contribution in [3.8, 4) is 0 Å². The standard InChI is InChI=1S/C11H14N4O3/c12-6-4-7(11(17)18)10(14-5-6)15-3-1-2-8(15)9(13)16/h4-5,8H,1-3,12H2,(H2,13,16)(H,17,18). The zero-order valence-electron chi connectivity index (χ0n) is 9.67. The van der Waals surface area contributed by atoms with Crippen LogP contribution in [0.4, 0.5) is 11.5 Å². The highest BCUT2D eigenvalue weighted by atomic mass is 16.4. The zero-order valence-corrected chi connectivity index (χ0v) is 9.67. The van der Waals surface area contributed by atoms with Crippen molar-refractivity contribution in [2.24, 2.45) is 5.73 Å². The lowest BCUT2D eigenvalue weighted by Crippen LogP contribution is -2.41. The van der Waals surface area contributed by atoms with Crippen LogP contribution >= 0.6 is 0 Å². The number of aromatic carboxylic acids is 1. The zero-order chi connectivity index (χ0) is 13.3. The average Bonchev–Trinajstić information content (AvgIpc) is 2.77. The fourth-order valence-electron chi connectivity index (χ4n) is 2.18. The Balaban J connectivity index is 2.44. The summed E-state index contributed by atoms with van der Waals surface area (Å²) in [4.78, 5) is 28.1. The number of rotatable bonds is 3. The molecule has 1 aliphatic heterocycles. The van der Waals surface area contributed by atoms with E-state index in [-0.39, 0.29) is 17.1 Å². The topological polar surface area (TPSA) is 123 Å². The van der Waals surface area contributed by atoms with Crippen LogP contribution in [-0.4, -0.2) is 34.6 Å². The number of hydrogen-bond acceptors (Lipinski definition) is 5. The molecule has 2 heterocycles. The molecule has 0 aromatic carbocycles. The second-order valence-corrected chi connectivity index (χ2v) is 4.20. The van der Waals surface area contributed by atoms with Crippen molar-refractivity contribution in [2.75, 3.05) is 17.2 Å². The lowest BCUT2D eigenvalue weighted by molar-refractivity contribution is -0.119. The molecule has 96 valence electrons. The van der Waals surface area contributed by atoms with Crippen molar-refractivity contribution >= 4 is 23.4 Å². The summed E-state index contributed by atoms with van der Waals surface area (Å²) in [5.41, 5.74) is 11.1. The first-order valence-electron chi connectivity index (χ1n) is 5.55. The molecule has 1 aromatic heterocycles. The van der Waals surface area contributed by atoms with Gasteiger partial charge in [-0.2, -0.15) is 0 Å². The molecule has 1 atom stereocenters. The van der Waals surface area contributed by atoms with E-state index >= 15 is 0 Å². The van der Waals surface area contributed by atoms with Gasteiger partial charge < -0.3 is 21.5 Å². The molecule has 7 heteroatoms. The van der Waals surface area contributed by atoms with Crippen molar-refractivity contribution in [3.05, 3.63) is 17.8 Å². The van der Waals surface area contributed by atoms with Gasteiger partial charge >= 0.3 is 5.97 Å². The van der Waals surface area contributed by atoms with Gasteiger partial charge in [-0.3, -0.25) is 4.79 Å². The molecule has 1 amide bonds. The molecule has 5 N–H and O–H groups in total. The van der Waals surface area contributed by atoms with Crippen LogP contribution in [0.25, 0.3) is 0 Å². The molecule has 0 radical (unpaired) electrons. The monoisotopic (exact) mass is 250 g/mol. The normalized spacial score (nSPS) is 18.9. The van der Waals surface area contributed by atoms with Crippen LogP contribution in [0, 0.1) is 0 Å². The van der Waals surface area contributed by atoms with E-state index in [2.05, 4.69) is 4.98 Å². The number of nitrogen functional groups attached to an aromatic ring is 1. The Labute approximate surface area is 103 Å². The quantitative estimate of drug-likeness (QED) is 0.683.